The molecule has 118 valence electrons. The second kappa shape index (κ2) is 7.47. The molecule has 0 unspecified atom stereocenters. The van der Waals surface area contributed by atoms with Crippen LogP contribution in [-0.4, -0.2) is 21.7 Å². The average molecular weight is 328 g/mol. The Morgan fingerprint density at radius 3 is 2.35 bits per heavy atom. The minimum absolute atomic E-state index is 0.156. The number of sulfonamides is 1. The van der Waals surface area contributed by atoms with E-state index >= 15 is 0 Å². The molecular weight excluding hydrogens is 312 g/mol. The van der Waals surface area contributed by atoms with Crippen molar-refractivity contribution in [1.82, 2.24) is 4.83 Å². The van der Waals surface area contributed by atoms with E-state index in [0.29, 0.717) is 0 Å². The molecule has 23 heavy (non-hydrogen) atoms. The van der Waals surface area contributed by atoms with E-state index in [0.717, 1.165) is 16.9 Å². The summed E-state index contributed by atoms with van der Waals surface area (Å²) in [5.74, 6) is 6.25. The smallest absolute Gasteiger partial charge is 0.276 e. The second-order valence-corrected chi connectivity index (χ2v) is 6.32. The number of rotatable bonds is 4. The number of methoxy groups -OCH3 is 1. The number of aryl methyl sites for hydroxylation is 1. The van der Waals surface area contributed by atoms with Crippen molar-refractivity contribution >= 4 is 16.2 Å². The van der Waals surface area contributed by atoms with Crippen LogP contribution in [0.3, 0.4) is 0 Å². The molecule has 2 aromatic carbocycles. The highest BCUT2D eigenvalue weighted by molar-refractivity contribution is 7.89. The number of nitrogens with zero attached hydrogens (tertiary/aromatic N) is 1. The van der Waals surface area contributed by atoms with Gasteiger partial charge in [-0.05, 0) is 49.2 Å². The number of hydrogen-bond donors (Lipinski definition) is 1. The van der Waals surface area contributed by atoms with E-state index in [1.165, 1.54) is 18.3 Å². The van der Waals surface area contributed by atoms with Crippen LogP contribution in [0.1, 0.15) is 11.1 Å². The Labute approximate surface area is 136 Å². The van der Waals surface area contributed by atoms with Gasteiger partial charge in [-0.15, -0.1) is 0 Å². The van der Waals surface area contributed by atoms with Gasteiger partial charge in [0.2, 0.25) is 0 Å². The maximum atomic E-state index is 12.0. The summed E-state index contributed by atoms with van der Waals surface area (Å²) in [6.45, 7) is 1.89. The predicted molar refractivity (Wildman–Crippen MR) is 89.9 cm³/mol. The highest BCUT2D eigenvalue weighted by Crippen LogP contribution is 2.10. The van der Waals surface area contributed by atoms with Crippen molar-refractivity contribution in [1.29, 1.82) is 0 Å². The molecule has 0 bridgehead atoms. The molecule has 0 fully saturated rings. The van der Waals surface area contributed by atoms with Gasteiger partial charge in [-0.25, -0.2) is 0 Å². The van der Waals surface area contributed by atoms with Gasteiger partial charge in [0, 0.05) is 5.56 Å². The summed E-state index contributed by atoms with van der Waals surface area (Å²) >= 11 is 0. The van der Waals surface area contributed by atoms with Crippen molar-refractivity contribution in [2.24, 2.45) is 5.10 Å². The summed E-state index contributed by atoms with van der Waals surface area (Å²) in [6, 6.07) is 13.7. The predicted octanol–water partition coefficient (Wildman–Crippen LogP) is 2.32. The van der Waals surface area contributed by atoms with E-state index in [1.807, 2.05) is 6.92 Å². The van der Waals surface area contributed by atoms with E-state index in [9.17, 15) is 8.42 Å². The molecule has 0 aromatic heterocycles. The first-order valence-corrected chi connectivity index (χ1v) is 8.25. The van der Waals surface area contributed by atoms with Gasteiger partial charge in [0.1, 0.15) is 5.75 Å². The lowest BCUT2D eigenvalue weighted by molar-refractivity contribution is 0.415. The molecule has 0 aliphatic carbocycles. The number of benzene rings is 2. The van der Waals surface area contributed by atoms with Gasteiger partial charge in [-0.3, -0.25) is 0 Å². The fourth-order valence-electron chi connectivity index (χ4n) is 1.69. The highest BCUT2D eigenvalue weighted by Gasteiger charge is 2.11. The van der Waals surface area contributed by atoms with Gasteiger partial charge in [-0.1, -0.05) is 23.6 Å². The molecule has 0 amide bonds. The fourth-order valence-corrected chi connectivity index (χ4v) is 2.48. The standard InChI is InChI=1S/C17H16N2O3S/c1-14-5-11-17(12-6-14)23(20,21)19-18-13-3-4-15-7-9-16(22-2)10-8-15/h5-13,19H,1-2H3/b18-13+. The van der Waals surface area contributed by atoms with Crippen LogP contribution >= 0.6 is 0 Å². The van der Waals surface area contributed by atoms with Gasteiger partial charge < -0.3 is 4.74 Å². The van der Waals surface area contributed by atoms with Crippen LogP contribution in [0.4, 0.5) is 0 Å². The van der Waals surface area contributed by atoms with Crippen LogP contribution in [0.2, 0.25) is 0 Å². The first kappa shape index (κ1) is 16.6. The van der Waals surface area contributed by atoms with E-state index in [1.54, 1.807) is 43.5 Å². The summed E-state index contributed by atoms with van der Waals surface area (Å²) < 4.78 is 29.0. The third-order valence-electron chi connectivity index (χ3n) is 2.94. The van der Waals surface area contributed by atoms with Gasteiger partial charge in [0.05, 0.1) is 18.2 Å². The van der Waals surface area contributed by atoms with Crippen molar-refractivity contribution in [3.63, 3.8) is 0 Å². The van der Waals surface area contributed by atoms with Crippen molar-refractivity contribution in [2.75, 3.05) is 7.11 Å². The van der Waals surface area contributed by atoms with Crippen molar-refractivity contribution < 1.29 is 13.2 Å². The molecule has 0 aliphatic heterocycles. The molecular formula is C17H16N2O3S. The zero-order valence-electron chi connectivity index (χ0n) is 12.8. The third kappa shape index (κ3) is 4.87. The summed E-state index contributed by atoms with van der Waals surface area (Å²) in [7, 11) is -2.07. The second-order valence-electron chi connectivity index (χ2n) is 4.66. The minimum atomic E-state index is -3.66. The van der Waals surface area contributed by atoms with E-state index < -0.39 is 10.0 Å². The first-order chi connectivity index (χ1) is 11.0. The molecule has 0 radical (unpaired) electrons. The van der Waals surface area contributed by atoms with Crippen LogP contribution in [0, 0.1) is 18.8 Å². The van der Waals surface area contributed by atoms with Gasteiger partial charge in [0.25, 0.3) is 10.0 Å². The Kier molecular flexibility index (Phi) is 5.39. The largest absolute Gasteiger partial charge is 0.497 e. The molecule has 6 heteroatoms. The number of hydrazone groups is 1. The minimum Gasteiger partial charge on any atom is -0.497 e. The zero-order valence-corrected chi connectivity index (χ0v) is 13.6. The molecule has 2 rings (SSSR count). The third-order valence-corrected chi connectivity index (χ3v) is 4.18. The Balaban J connectivity index is 1.98. The summed E-state index contributed by atoms with van der Waals surface area (Å²) in [6.07, 6.45) is 1.20. The van der Waals surface area contributed by atoms with Crippen molar-refractivity contribution in [2.45, 2.75) is 11.8 Å². The molecule has 0 saturated carbocycles. The highest BCUT2D eigenvalue weighted by atomic mass is 32.2. The summed E-state index contributed by atoms with van der Waals surface area (Å²) in [5.41, 5.74) is 1.76. The van der Waals surface area contributed by atoms with E-state index in [2.05, 4.69) is 21.8 Å². The number of hydrogen-bond acceptors (Lipinski definition) is 4. The van der Waals surface area contributed by atoms with Crippen LogP contribution in [0.25, 0.3) is 0 Å². The van der Waals surface area contributed by atoms with Crippen LogP contribution in [0.5, 0.6) is 5.75 Å². The molecule has 2 aromatic rings. The lowest BCUT2D eigenvalue weighted by Gasteiger charge is -2.02. The van der Waals surface area contributed by atoms with Crippen LogP contribution in [0.15, 0.2) is 58.5 Å². The summed E-state index contributed by atoms with van der Waals surface area (Å²) in [5, 5.41) is 3.63. The monoisotopic (exact) mass is 328 g/mol. The maximum absolute atomic E-state index is 12.0. The average Bonchev–Trinajstić information content (AvgIpc) is 2.55. The van der Waals surface area contributed by atoms with Gasteiger partial charge in [0.15, 0.2) is 0 Å². The molecule has 0 aliphatic rings. The summed E-state index contributed by atoms with van der Waals surface area (Å²) in [4.78, 5) is 2.27. The quantitative estimate of drug-likeness (QED) is 0.532. The van der Waals surface area contributed by atoms with Crippen molar-refractivity contribution in [3.05, 3.63) is 59.7 Å². The fraction of sp³-hybridized carbons (Fsp3) is 0.118. The molecule has 1 N–H and O–H groups in total. The molecule has 0 heterocycles. The molecule has 0 spiro atoms. The lowest BCUT2D eigenvalue weighted by Crippen LogP contribution is -2.18. The van der Waals surface area contributed by atoms with Gasteiger partial charge in [-0.2, -0.15) is 18.4 Å². The SMILES string of the molecule is COc1ccc(C#C/C=N/NS(=O)(=O)c2ccc(C)cc2)cc1. The Morgan fingerprint density at radius 2 is 1.74 bits per heavy atom. The number of nitrogens with one attached hydrogen (secondary N) is 1. The molecule has 5 nitrogen and oxygen atoms in total. The van der Waals surface area contributed by atoms with Crippen molar-refractivity contribution in [3.8, 4) is 17.6 Å². The van der Waals surface area contributed by atoms with Crippen LogP contribution in [-0.2, 0) is 10.0 Å². The van der Waals surface area contributed by atoms with E-state index in [4.69, 9.17) is 4.74 Å². The van der Waals surface area contributed by atoms with Gasteiger partial charge >= 0.3 is 0 Å². The molecule has 0 atom stereocenters. The topological polar surface area (TPSA) is 67.8 Å². The Morgan fingerprint density at radius 1 is 1.09 bits per heavy atom. The lowest BCUT2D eigenvalue weighted by atomic mass is 10.2. The number of ether oxygens (including phenoxy) is 1. The first-order valence-electron chi connectivity index (χ1n) is 6.77. The Bertz CT molecular complexity index is 843. The Hall–Kier alpha value is -2.78. The van der Waals surface area contributed by atoms with Crippen LogP contribution < -0.4 is 9.57 Å². The maximum Gasteiger partial charge on any atom is 0.276 e. The van der Waals surface area contributed by atoms with E-state index in [-0.39, 0.29) is 4.90 Å². The molecule has 0 saturated heterocycles. The zero-order chi connectivity index (χ0) is 16.7. The normalized spacial score (nSPS) is 10.9.